The molecular formula is C17H15BO. The quantitative estimate of drug-likeness (QED) is 0.728. The molecule has 2 radical (unpaired) electrons. The summed E-state index contributed by atoms with van der Waals surface area (Å²) in [5.74, 6) is 0.946. The van der Waals surface area contributed by atoms with Gasteiger partial charge in [0.2, 0.25) is 0 Å². The van der Waals surface area contributed by atoms with Gasteiger partial charge in [0.15, 0.2) is 0 Å². The van der Waals surface area contributed by atoms with Gasteiger partial charge in [-0.2, -0.15) is 0 Å². The highest BCUT2D eigenvalue weighted by molar-refractivity contribution is 6.08. The molecule has 92 valence electrons. The Morgan fingerprint density at radius 2 is 1.74 bits per heavy atom. The van der Waals surface area contributed by atoms with Crippen LogP contribution in [0, 0.1) is 0 Å². The van der Waals surface area contributed by atoms with Crippen LogP contribution in [0.25, 0.3) is 5.57 Å². The Kier molecular flexibility index (Phi) is 3.41. The molecule has 2 aromatic carbocycles. The summed E-state index contributed by atoms with van der Waals surface area (Å²) in [6.07, 6.45) is 3.75. The highest BCUT2D eigenvalue weighted by atomic mass is 16.5. The van der Waals surface area contributed by atoms with Crippen molar-refractivity contribution in [3.05, 3.63) is 71.3 Å². The Hall–Kier alpha value is -1.96. The summed E-state index contributed by atoms with van der Waals surface area (Å²) in [5.41, 5.74) is 4.86. The number of rotatable bonds is 2. The third-order valence-electron chi connectivity index (χ3n) is 3.38. The summed E-state index contributed by atoms with van der Waals surface area (Å²) in [5, 5.41) is 0. The maximum atomic E-state index is 5.91. The van der Waals surface area contributed by atoms with Crippen molar-refractivity contribution in [2.24, 2.45) is 0 Å². The van der Waals surface area contributed by atoms with E-state index in [-0.39, 0.29) is 0 Å². The van der Waals surface area contributed by atoms with Crippen LogP contribution in [0.5, 0.6) is 5.75 Å². The van der Waals surface area contributed by atoms with Crippen molar-refractivity contribution >= 4 is 13.4 Å². The lowest BCUT2D eigenvalue weighted by Crippen LogP contribution is -1.94. The summed E-state index contributed by atoms with van der Waals surface area (Å²) < 4.78 is 5.91. The highest BCUT2D eigenvalue weighted by Gasteiger charge is 2.17. The first-order valence-corrected chi connectivity index (χ1v) is 6.61. The summed E-state index contributed by atoms with van der Waals surface area (Å²) >= 11 is 0. The van der Waals surface area contributed by atoms with Crippen LogP contribution in [0.4, 0.5) is 0 Å². The zero-order valence-electron chi connectivity index (χ0n) is 10.8. The fraction of sp³-hybridized carbons (Fsp3) is 0.176. The van der Waals surface area contributed by atoms with Crippen molar-refractivity contribution in [2.45, 2.75) is 19.3 Å². The maximum absolute atomic E-state index is 5.91. The molecule has 0 atom stereocenters. The second kappa shape index (κ2) is 5.35. The number of benzene rings is 2. The molecule has 1 aliphatic rings. The van der Waals surface area contributed by atoms with E-state index >= 15 is 0 Å². The molecule has 2 heteroatoms. The van der Waals surface area contributed by atoms with E-state index in [1.165, 1.54) is 16.7 Å². The van der Waals surface area contributed by atoms with Crippen molar-refractivity contribution < 1.29 is 4.74 Å². The monoisotopic (exact) mass is 246 g/mol. The Balaban J connectivity index is 2.19. The number of hydrogen-bond acceptors (Lipinski definition) is 1. The van der Waals surface area contributed by atoms with E-state index in [2.05, 4.69) is 36.4 Å². The maximum Gasteiger partial charge on any atom is 0.127 e. The van der Waals surface area contributed by atoms with E-state index in [0.29, 0.717) is 12.9 Å². The zero-order chi connectivity index (χ0) is 13.1. The van der Waals surface area contributed by atoms with Gasteiger partial charge in [0.05, 0.1) is 7.85 Å². The first-order chi connectivity index (χ1) is 9.40. The minimum Gasteiger partial charge on any atom is -0.488 e. The Labute approximate surface area is 115 Å². The Morgan fingerprint density at radius 1 is 1.00 bits per heavy atom. The van der Waals surface area contributed by atoms with E-state index in [1.807, 2.05) is 18.2 Å². The lowest BCUT2D eigenvalue weighted by Gasteiger charge is -2.10. The van der Waals surface area contributed by atoms with Gasteiger partial charge in [-0.1, -0.05) is 54.9 Å². The molecule has 1 aliphatic heterocycles. The molecule has 0 aromatic heterocycles. The van der Waals surface area contributed by atoms with Gasteiger partial charge in [-0.05, 0) is 29.2 Å². The molecule has 0 saturated carbocycles. The molecular weight excluding hydrogens is 231 g/mol. The lowest BCUT2D eigenvalue weighted by atomic mass is 9.91. The predicted molar refractivity (Wildman–Crippen MR) is 79.5 cm³/mol. The van der Waals surface area contributed by atoms with E-state index in [1.54, 1.807) is 0 Å². The van der Waals surface area contributed by atoms with Crippen molar-refractivity contribution in [3.8, 4) is 5.75 Å². The van der Waals surface area contributed by atoms with Crippen LogP contribution in [-0.4, -0.2) is 7.85 Å². The van der Waals surface area contributed by atoms with Crippen LogP contribution in [-0.2, 0) is 6.61 Å². The first kappa shape index (κ1) is 12.1. The van der Waals surface area contributed by atoms with Gasteiger partial charge in [0.1, 0.15) is 12.4 Å². The normalized spacial score (nSPS) is 15.3. The molecule has 0 unspecified atom stereocenters. The van der Waals surface area contributed by atoms with Gasteiger partial charge in [-0.15, -0.1) is 0 Å². The largest absolute Gasteiger partial charge is 0.488 e. The molecule has 0 N–H and O–H groups in total. The van der Waals surface area contributed by atoms with Crippen LogP contribution < -0.4 is 4.74 Å². The number of fused-ring (bicyclic) bond motifs is 2. The fourth-order valence-electron chi connectivity index (χ4n) is 2.47. The van der Waals surface area contributed by atoms with Gasteiger partial charge >= 0.3 is 0 Å². The summed E-state index contributed by atoms with van der Waals surface area (Å²) in [6, 6.07) is 16.6. The van der Waals surface area contributed by atoms with Crippen LogP contribution in [0.2, 0.25) is 6.32 Å². The van der Waals surface area contributed by atoms with Gasteiger partial charge in [-0.3, -0.25) is 0 Å². The molecule has 0 aliphatic carbocycles. The smallest absolute Gasteiger partial charge is 0.127 e. The molecule has 1 heterocycles. The molecule has 2 aromatic rings. The minimum absolute atomic E-state index is 0.618. The molecule has 0 spiro atoms. The predicted octanol–water partition coefficient (Wildman–Crippen LogP) is 3.99. The summed E-state index contributed by atoms with van der Waals surface area (Å²) in [4.78, 5) is 0. The molecule has 0 bridgehead atoms. The molecule has 0 saturated heterocycles. The Bertz CT molecular complexity index is 567. The highest BCUT2D eigenvalue weighted by Crippen LogP contribution is 2.36. The van der Waals surface area contributed by atoms with Gasteiger partial charge in [-0.25, -0.2) is 0 Å². The van der Waals surface area contributed by atoms with Crippen molar-refractivity contribution in [2.75, 3.05) is 0 Å². The average Bonchev–Trinajstić information content (AvgIpc) is 2.62. The zero-order valence-corrected chi connectivity index (χ0v) is 10.8. The minimum atomic E-state index is 0.618. The number of ether oxygens (including phenoxy) is 1. The molecule has 3 rings (SSSR count). The standard InChI is InChI=1S/C17H15BO/c18-11-5-9-15-14-7-2-1-6-13(14)12-19-17-10-4-3-8-16(15)17/h1-4,6-10H,5,11-12H2/b15-9-. The SMILES string of the molecule is [B]CC/C=C1/c2ccccc2COc2ccccc21. The molecule has 1 nitrogen and oxygen atoms in total. The van der Waals surface area contributed by atoms with Crippen LogP contribution in [0.15, 0.2) is 54.6 Å². The topological polar surface area (TPSA) is 9.23 Å². The molecule has 0 fully saturated rings. The number of hydrogen-bond donors (Lipinski definition) is 0. The van der Waals surface area contributed by atoms with Crippen molar-refractivity contribution in [1.29, 1.82) is 0 Å². The van der Waals surface area contributed by atoms with Gasteiger partial charge in [0, 0.05) is 5.56 Å². The van der Waals surface area contributed by atoms with Crippen LogP contribution in [0.3, 0.4) is 0 Å². The summed E-state index contributed by atoms with van der Waals surface area (Å²) in [6.45, 7) is 0.618. The second-order valence-electron chi connectivity index (χ2n) is 4.64. The van der Waals surface area contributed by atoms with E-state index in [9.17, 15) is 0 Å². The fourth-order valence-corrected chi connectivity index (χ4v) is 2.47. The van der Waals surface area contributed by atoms with Crippen LogP contribution >= 0.6 is 0 Å². The van der Waals surface area contributed by atoms with E-state index in [0.717, 1.165) is 17.7 Å². The first-order valence-electron chi connectivity index (χ1n) is 6.61. The average molecular weight is 246 g/mol. The Morgan fingerprint density at radius 3 is 2.58 bits per heavy atom. The van der Waals surface area contributed by atoms with Crippen LogP contribution in [0.1, 0.15) is 23.1 Å². The molecule has 0 amide bonds. The van der Waals surface area contributed by atoms with Gasteiger partial charge < -0.3 is 4.74 Å². The van der Waals surface area contributed by atoms with E-state index < -0.39 is 0 Å². The lowest BCUT2D eigenvalue weighted by molar-refractivity contribution is 0.307. The second-order valence-corrected chi connectivity index (χ2v) is 4.64. The number of allylic oxidation sites excluding steroid dienone is 1. The van der Waals surface area contributed by atoms with E-state index in [4.69, 9.17) is 12.6 Å². The molecule has 19 heavy (non-hydrogen) atoms. The summed E-state index contributed by atoms with van der Waals surface area (Å²) in [7, 11) is 5.65. The third kappa shape index (κ3) is 2.31. The van der Waals surface area contributed by atoms with Gasteiger partial charge in [0.25, 0.3) is 0 Å². The van der Waals surface area contributed by atoms with Crippen molar-refractivity contribution in [3.63, 3.8) is 0 Å². The third-order valence-corrected chi connectivity index (χ3v) is 3.38. The number of para-hydroxylation sites is 1. The van der Waals surface area contributed by atoms with Crippen molar-refractivity contribution in [1.82, 2.24) is 0 Å².